The summed E-state index contributed by atoms with van der Waals surface area (Å²) in [5.74, 6) is -0.136. The van der Waals surface area contributed by atoms with Crippen molar-refractivity contribution in [3.63, 3.8) is 0 Å². The molecule has 0 radical (unpaired) electrons. The van der Waals surface area contributed by atoms with Crippen molar-refractivity contribution in [2.24, 2.45) is 0 Å². The summed E-state index contributed by atoms with van der Waals surface area (Å²) < 4.78 is 32.6. The van der Waals surface area contributed by atoms with Gasteiger partial charge in [-0.1, -0.05) is 48.6 Å². The van der Waals surface area contributed by atoms with Crippen LogP contribution >= 0.6 is 0 Å². The van der Waals surface area contributed by atoms with Gasteiger partial charge in [-0.25, -0.2) is 8.42 Å². The Bertz CT molecular complexity index is 1110. The number of hydrogen-bond acceptors (Lipinski definition) is 6. The molecule has 0 unspecified atom stereocenters. The number of nitrogens with zero attached hydrogens (tertiary/aromatic N) is 3. The second-order valence-electron chi connectivity index (χ2n) is 8.86. The van der Waals surface area contributed by atoms with E-state index in [1.54, 1.807) is 18.2 Å². The van der Waals surface area contributed by atoms with Crippen molar-refractivity contribution in [1.82, 2.24) is 14.1 Å². The molecule has 35 heavy (non-hydrogen) atoms. The van der Waals surface area contributed by atoms with Gasteiger partial charge >= 0.3 is 0 Å². The first kappa shape index (κ1) is 25.5. The van der Waals surface area contributed by atoms with Crippen LogP contribution in [0.5, 0.6) is 0 Å². The Labute approximate surface area is 208 Å². The molecule has 0 bridgehead atoms. The third kappa shape index (κ3) is 6.77. The number of hydrogen-bond donors (Lipinski definition) is 1. The third-order valence-corrected chi connectivity index (χ3v) is 8.41. The summed E-state index contributed by atoms with van der Waals surface area (Å²) in [5.41, 5.74) is 1.68. The molecule has 2 aliphatic rings. The van der Waals surface area contributed by atoms with Crippen LogP contribution in [-0.2, 0) is 19.6 Å². The Hall–Kier alpha value is -2.56. The highest BCUT2D eigenvalue weighted by molar-refractivity contribution is 7.89. The monoisotopic (exact) mass is 498 g/mol. The second kappa shape index (κ2) is 11.9. The lowest BCUT2D eigenvalue weighted by molar-refractivity contribution is -0.121. The normalized spacial score (nSPS) is 19.6. The summed E-state index contributed by atoms with van der Waals surface area (Å²) in [6, 6.07) is 16.4. The lowest BCUT2D eigenvalue weighted by Crippen LogP contribution is -2.52. The standard InChI is InChI=1S/C26H34N4O4S/c1-22(29-15-13-28(14-16-29)12-6-9-23-7-3-2-4-8-23)26(31)27-24-10-5-11-25(21-24)35(32,33)30-17-19-34-20-18-30/h2-11,21-22H,12-20H2,1H3,(H,27,31)/t22-/m0/s1. The van der Waals surface area contributed by atoms with Crippen molar-refractivity contribution in [1.29, 1.82) is 0 Å². The zero-order valence-electron chi connectivity index (χ0n) is 20.2. The number of rotatable bonds is 8. The summed E-state index contributed by atoms with van der Waals surface area (Å²) in [6.45, 7) is 7.64. The number of sulfonamides is 1. The summed E-state index contributed by atoms with van der Waals surface area (Å²) >= 11 is 0. The number of ether oxygens (including phenoxy) is 1. The van der Waals surface area contributed by atoms with Crippen LogP contribution in [0.3, 0.4) is 0 Å². The number of anilines is 1. The Morgan fingerprint density at radius 2 is 1.71 bits per heavy atom. The van der Waals surface area contributed by atoms with Gasteiger partial charge in [-0.3, -0.25) is 14.6 Å². The van der Waals surface area contributed by atoms with Crippen LogP contribution in [0.25, 0.3) is 6.08 Å². The maximum absolute atomic E-state index is 12.9. The number of morpholine rings is 1. The Morgan fingerprint density at radius 3 is 2.43 bits per heavy atom. The third-order valence-electron chi connectivity index (χ3n) is 6.52. The van der Waals surface area contributed by atoms with Gasteiger partial charge in [0.2, 0.25) is 15.9 Å². The molecule has 188 valence electrons. The number of carbonyl (C=O) groups excluding carboxylic acids is 1. The van der Waals surface area contributed by atoms with E-state index in [-0.39, 0.29) is 16.8 Å². The van der Waals surface area contributed by atoms with Gasteiger partial charge in [-0.2, -0.15) is 4.31 Å². The predicted octanol–water partition coefficient (Wildman–Crippen LogP) is 2.37. The molecule has 1 atom stereocenters. The fourth-order valence-corrected chi connectivity index (χ4v) is 5.77. The van der Waals surface area contributed by atoms with Gasteiger partial charge in [-0.05, 0) is 30.7 Å². The molecule has 1 N–H and O–H groups in total. The van der Waals surface area contributed by atoms with Crippen LogP contribution in [0.2, 0.25) is 0 Å². The molecular formula is C26H34N4O4S. The Kier molecular flexibility index (Phi) is 8.69. The van der Waals surface area contributed by atoms with E-state index in [0.717, 1.165) is 32.7 Å². The average molecular weight is 499 g/mol. The van der Waals surface area contributed by atoms with Crippen LogP contribution < -0.4 is 5.32 Å². The van der Waals surface area contributed by atoms with Crippen LogP contribution in [-0.4, -0.2) is 93.5 Å². The highest BCUT2D eigenvalue weighted by Crippen LogP contribution is 2.21. The van der Waals surface area contributed by atoms with Crippen molar-refractivity contribution in [3.8, 4) is 0 Å². The first-order valence-electron chi connectivity index (χ1n) is 12.1. The molecule has 9 heteroatoms. The summed E-state index contributed by atoms with van der Waals surface area (Å²) in [7, 11) is -3.61. The molecule has 0 aliphatic carbocycles. The highest BCUT2D eigenvalue weighted by atomic mass is 32.2. The summed E-state index contributed by atoms with van der Waals surface area (Å²) in [6.07, 6.45) is 4.31. The van der Waals surface area contributed by atoms with Gasteiger partial charge in [-0.15, -0.1) is 0 Å². The van der Waals surface area contributed by atoms with E-state index in [1.165, 1.54) is 15.9 Å². The molecule has 0 aromatic heterocycles. The minimum absolute atomic E-state index is 0.136. The van der Waals surface area contributed by atoms with Crippen LogP contribution in [0.15, 0.2) is 65.6 Å². The number of amides is 1. The van der Waals surface area contributed by atoms with E-state index in [9.17, 15) is 13.2 Å². The maximum Gasteiger partial charge on any atom is 0.243 e. The van der Waals surface area contributed by atoms with E-state index in [0.29, 0.717) is 32.0 Å². The molecule has 4 rings (SSSR count). The van der Waals surface area contributed by atoms with Crippen LogP contribution in [0.4, 0.5) is 5.69 Å². The molecule has 8 nitrogen and oxygen atoms in total. The fraction of sp³-hybridized carbons (Fsp3) is 0.423. The van der Waals surface area contributed by atoms with E-state index >= 15 is 0 Å². The molecule has 1 amide bonds. The molecule has 2 aromatic carbocycles. The van der Waals surface area contributed by atoms with Crippen molar-refractivity contribution in [2.45, 2.75) is 17.9 Å². The lowest BCUT2D eigenvalue weighted by atomic mass is 10.2. The van der Waals surface area contributed by atoms with Crippen molar-refractivity contribution in [3.05, 3.63) is 66.2 Å². The van der Waals surface area contributed by atoms with Gasteiger partial charge in [0.1, 0.15) is 0 Å². The average Bonchev–Trinajstić information content (AvgIpc) is 2.90. The topological polar surface area (TPSA) is 82.2 Å². The first-order chi connectivity index (χ1) is 16.9. The minimum atomic E-state index is -3.61. The van der Waals surface area contributed by atoms with E-state index in [2.05, 4.69) is 39.4 Å². The maximum atomic E-state index is 12.9. The van der Waals surface area contributed by atoms with Gasteiger partial charge in [0.15, 0.2) is 0 Å². The zero-order chi connectivity index (χ0) is 24.7. The quantitative estimate of drug-likeness (QED) is 0.602. The smallest absolute Gasteiger partial charge is 0.243 e. The molecule has 2 heterocycles. The lowest BCUT2D eigenvalue weighted by Gasteiger charge is -2.37. The fourth-order valence-electron chi connectivity index (χ4n) is 4.32. The van der Waals surface area contributed by atoms with Crippen molar-refractivity contribution >= 4 is 27.7 Å². The zero-order valence-corrected chi connectivity index (χ0v) is 21.0. The number of nitrogens with one attached hydrogen (secondary N) is 1. The SMILES string of the molecule is C[C@@H](C(=O)Nc1cccc(S(=O)(=O)N2CCOCC2)c1)N1CCN(CC=Cc2ccccc2)CC1. The number of benzene rings is 2. The molecule has 0 saturated carbocycles. The van der Waals surface area contributed by atoms with Crippen LogP contribution in [0.1, 0.15) is 12.5 Å². The molecular weight excluding hydrogens is 464 g/mol. The molecule has 2 saturated heterocycles. The van der Waals surface area contributed by atoms with E-state index in [1.807, 2.05) is 25.1 Å². The largest absolute Gasteiger partial charge is 0.379 e. The number of carbonyl (C=O) groups is 1. The first-order valence-corrected chi connectivity index (χ1v) is 13.5. The summed E-state index contributed by atoms with van der Waals surface area (Å²) in [4.78, 5) is 17.7. The predicted molar refractivity (Wildman–Crippen MR) is 138 cm³/mol. The highest BCUT2D eigenvalue weighted by Gasteiger charge is 2.28. The van der Waals surface area contributed by atoms with Gasteiger partial charge < -0.3 is 10.1 Å². The van der Waals surface area contributed by atoms with Gasteiger partial charge in [0, 0.05) is 51.5 Å². The van der Waals surface area contributed by atoms with Crippen LogP contribution in [0, 0.1) is 0 Å². The van der Waals surface area contributed by atoms with Gasteiger partial charge in [0.25, 0.3) is 0 Å². The molecule has 2 aromatic rings. The van der Waals surface area contributed by atoms with Crippen molar-refractivity contribution < 1.29 is 17.9 Å². The molecule has 2 aliphatic heterocycles. The van der Waals surface area contributed by atoms with Gasteiger partial charge in [0.05, 0.1) is 24.2 Å². The summed E-state index contributed by atoms with van der Waals surface area (Å²) in [5, 5.41) is 2.91. The minimum Gasteiger partial charge on any atom is -0.379 e. The van der Waals surface area contributed by atoms with E-state index in [4.69, 9.17) is 4.74 Å². The Balaban J connectivity index is 1.28. The second-order valence-corrected chi connectivity index (χ2v) is 10.8. The number of piperazine rings is 1. The van der Waals surface area contributed by atoms with E-state index < -0.39 is 10.0 Å². The Morgan fingerprint density at radius 1 is 1.00 bits per heavy atom. The molecule has 2 fully saturated rings. The molecule has 0 spiro atoms. The van der Waals surface area contributed by atoms with Crippen molar-refractivity contribution in [2.75, 3.05) is 64.3 Å².